The normalized spacial score (nSPS) is 15.6. The Kier molecular flexibility index (Phi) is 7.68. The topological polar surface area (TPSA) is 107 Å². The third-order valence-corrected chi connectivity index (χ3v) is 5.25. The van der Waals surface area contributed by atoms with Gasteiger partial charge in [-0.3, -0.25) is 0 Å². The van der Waals surface area contributed by atoms with E-state index in [1.54, 1.807) is 0 Å². The highest BCUT2D eigenvalue weighted by atomic mass is 16.5. The molecule has 4 N–H and O–H groups in total. The Hall–Kier alpha value is -2.87. The van der Waals surface area contributed by atoms with Crippen LogP contribution in [-0.4, -0.2) is 57.7 Å². The van der Waals surface area contributed by atoms with Gasteiger partial charge in [0.25, 0.3) is 0 Å². The van der Waals surface area contributed by atoms with E-state index in [1.165, 1.54) is 0 Å². The number of aliphatic hydroxyl groups is 4. The first kappa shape index (κ1) is 22.8. The van der Waals surface area contributed by atoms with Gasteiger partial charge in [-0.15, -0.1) is 0 Å². The fraction of sp³-hybridized carbons (Fsp3) is 0.240. The Balaban J connectivity index is 2.03. The van der Waals surface area contributed by atoms with Gasteiger partial charge in [0.1, 0.15) is 30.0 Å². The van der Waals surface area contributed by atoms with Crippen molar-refractivity contribution in [2.45, 2.75) is 30.0 Å². The van der Waals surface area contributed by atoms with E-state index in [1.807, 2.05) is 91.0 Å². The molecule has 0 radical (unpaired) electrons. The average molecular weight is 422 g/mol. The van der Waals surface area contributed by atoms with Crippen LogP contribution in [-0.2, 0) is 15.1 Å². The summed E-state index contributed by atoms with van der Waals surface area (Å²) in [6, 6.07) is 28.4. The molecule has 3 rings (SSSR count). The molecule has 3 aromatic rings. The average Bonchev–Trinajstić information content (AvgIpc) is 2.84. The van der Waals surface area contributed by atoms with Crippen molar-refractivity contribution >= 4 is 6.29 Å². The molecule has 0 saturated heterocycles. The molecule has 0 aliphatic heterocycles. The van der Waals surface area contributed by atoms with Crippen LogP contribution in [0.15, 0.2) is 91.0 Å². The van der Waals surface area contributed by atoms with Crippen LogP contribution in [0.25, 0.3) is 0 Å². The monoisotopic (exact) mass is 422 g/mol. The maximum atomic E-state index is 10.7. The molecular weight excluding hydrogens is 396 g/mol. The quantitative estimate of drug-likeness (QED) is 0.292. The number of carbonyl (C=O) groups is 1. The third kappa shape index (κ3) is 4.90. The molecule has 162 valence electrons. The van der Waals surface area contributed by atoms with E-state index in [9.17, 15) is 25.2 Å². The van der Waals surface area contributed by atoms with Gasteiger partial charge in [0.15, 0.2) is 6.29 Å². The van der Waals surface area contributed by atoms with Gasteiger partial charge in [-0.25, -0.2) is 0 Å². The van der Waals surface area contributed by atoms with Crippen LogP contribution in [0.2, 0.25) is 0 Å². The SMILES string of the molecule is O=C[C@@H](O)[C@@H](O)[C@@H](O)[C@@H](O)COC(c1ccccc1)(c1ccccc1)c1ccccc1. The van der Waals surface area contributed by atoms with Gasteiger partial charge in [0.05, 0.1) is 6.61 Å². The first-order valence-electron chi connectivity index (χ1n) is 9.98. The molecule has 0 fully saturated rings. The summed E-state index contributed by atoms with van der Waals surface area (Å²) in [5, 5.41) is 40.0. The highest BCUT2D eigenvalue weighted by Gasteiger charge is 2.39. The molecule has 31 heavy (non-hydrogen) atoms. The van der Waals surface area contributed by atoms with Crippen LogP contribution in [0.3, 0.4) is 0 Å². The number of aldehydes is 1. The maximum Gasteiger partial charge on any atom is 0.151 e. The first-order chi connectivity index (χ1) is 15.0. The van der Waals surface area contributed by atoms with Gasteiger partial charge in [-0.2, -0.15) is 0 Å². The molecule has 0 aliphatic rings. The molecule has 0 heterocycles. The van der Waals surface area contributed by atoms with E-state index >= 15 is 0 Å². The summed E-state index contributed by atoms with van der Waals surface area (Å²) in [5.74, 6) is 0. The van der Waals surface area contributed by atoms with Gasteiger partial charge in [0.2, 0.25) is 0 Å². The van der Waals surface area contributed by atoms with Crippen molar-refractivity contribution in [3.8, 4) is 0 Å². The van der Waals surface area contributed by atoms with Crippen LogP contribution >= 0.6 is 0 Å². The van der Waals surface area contributed by atoms with E-state index in [4.69, 9.17) is 4.74 Å². The van der Waals surface area contributed by atoms with Crippen LogP contribution in [0.5, 0.6) is 0 Å². The predicted octanol–water partition coefficient (Wildman–Crippen LogP) is 1.64. The number of ether oxygens (including phenoxy) is 1. The zero-order valence-electron chi connectivity index (χ0n) is 16.9. The molecule has 0 aliphatic carbocycles. The van der Waals surface area contributed by atoms with Gasteiger partial charge in [0, 0.05) is 0 Å². The molecule has 0 spiro atoms. The minimum atomic E-state index is -1.84. The van der Waals surface area contributed by atoms with E-state index in [0.717, 1.165) is 16.7 Å². The van der Waals surface area contributed by atoms with E-state index in [-0.39, 0.29) is 12.9 Å². The second kappa shape index (κ2) is 10.4. The summed E-state index contributed by atoms with van der Waals surface area (Å²) < 4.78 is 6.34. The lowest BCUT2D eigenvalue weighted by Crippen LogP contribution is -2.48. The van der Waals surface area contributed by atoms with Gasteiger partial charge in [-0.1, -0.05) is 91.0 Å². The highest BCUT2D eigenvalue weighted by Crippen LogP contribution is 2.40. The Labute approximate surface area is 181 Å². The standard InChI is InChI=1S/C25H26O6/c26-16-21(27)23(29)24(30)22(28)17-31-25(18-10-4-1-5-11-18,19-12-6-2-7-13-19)20-14-8-3-9-15-20/h1-16,21-24,27-30H,17H2/t21-,22+,23-,24+/m1/s1. The van der Waals surface area contributed by atoms with Crippen molar-refractivity contribution in [2.24, 2.45) is 0 Å². The van der Waals surface area contributed by atoms with Crippen molar-refractivity contribution in [3.05, 3.63) is 108 Å². The van der Waals surface area contributed by atoms with Crippen molar-refractivity contribution < 1.29 is 30.0 Å². The van der Waals surface area contributed by atoms with E-state index < -0.39 is 30.0 Å². The lowest BCUT2D eigenvalue weighted by molar-refractivity contribution is -0.144. The number of benzene rings is 3. The fourth-order valence-corrected chi connectivity index (χ4v) is 3.59. The highest BCUT2D eigenvalue weighted by molar-refractivity contribution is 5.56. The molecule has 6 nitrogen and oxygen atoms in total. The van der Waals surface area contributed by atoms with Crippen LogP contribution in [0.4, 0.5) is 0 Å². The lowest BCUT2D eigenvalue weighted by Gasteiger charge is -2.37. The summed E-state index contributed by atoms with van der Waals surface area (Å²) in [6.45, 7) is -0.373. The second-order valence-electron chi connectivity index (χ2n) is 7.27. The summed E-state index contributed by atoms with van der Waals surface area (Å²) >= 11 is 0. The van der Waals surface area contributed by atoms with Crippen molar-refractivity contribution in [2.75, 3.05) is 6.61 Å². The van der Waals surface area contributed by atoms with Crippen LogP contribution in [0.1, 0.15) is 16.7 Å². The summed E-state index contributed by atoms with van der Waals surface area (Å²) in [5.41, 5.74) is 1.31. The predicted molar refractivity (Wildman–Crippen MR) is 115 cm³/mol. The van der Waals surface area contributed by atoms with Gasteiger partial charge >= 0.3 is 0 Å². The number of carbonyl (C=O) groups excluding carboxylic acids is 1. The summed E-state index contributed by atoms with van der Waals surface area (Å²) in [7, 11) is 0. The Morgan fingerprint density at radius 1 is 0.677 bits per heavy atom. The zero-order chi connectivity index (χ0) is 22.3. The summed E-state index contributed by atoms with van der Waals surface area (Å²) in [4.78, 5) is 10.7. The number of hydrogen-bond acceptors (Lipinski definition) is 6. The van der Waals surface area contributed by atoms with E-state index in [2.05, 4.69) is 0 Å². The Morgan fingerprint density at radius 3 is 1.42 bits per heavy atom. The Bertz CT molecular complexity index is 835. The van der Waals surface area contributed by atoms with E-state index in [0.29, 0.717) is 0 Å². The molecular formula is C25H26O6. The number of hydrogen-bond donors (Lipinski definition) is 4. The third-order valence-electron chi connectivity index (χ3n) is 5.25. The Morgan fingerprint density at radius 2 is 1.06 bits per heavy atom. The van der Waals surface area contributed by atoms with Crippen molar-refractivity contribution in [3.63, 3.8) is 0 Å². The smallest absolute Gasteiger partial charge is 0.151 e. The minimum Gasteiger partial charge on any atom is -0.388 e. The van der Waals surface area contributed by atoms with Crippen molar-refractivity contribution in [1.82, 2.24) is 0 Å². The van der Waals surface area contributed by atoms with Gasteiger partial charge < -0.3 is 30.0 Å². The molecule has 6 heteroatoms. The molecule has 0 bridgehead atoms. The lowest BCUT2D eigenvalue weighted by atomic mass is 9.80. The molecule has 0 unspecified atom stereocenters. The molecule has 0 saturated carbocycles. The maximum absolute atomic E-state index is 10.7. The van der Waals surface area contributed by atoms with Gasteiger partial charge in [-0.05, 0) is 16.7 Å². The molecule has 4 atom stereocenters. The zero-order valence-corrected chi connectivity index (χ0v) is 16.9. The van der Waals surface area contributed by atoms with Crippen LogP contribution < -0.4 is 0 Å². The largest absolute Gasteiger partial charge is 0.388 e. The minimum absolute atomic E-state index is 0.101. The molecule has 3 aromatic carbocycles. The second-order valence-corrected chi connectivity index (χ2v) is 7.27. The summed E-state index contributed by atoms with van der Waals surface area (Å²) in [6.07, 6.45) is -6.88. The van der Waals surface area contributed by atoms with Crippen molar-refractivity contribution in [1.29, 1.82) is 0 Å². The van der Waals surface area contributed by atoms with Crippen LogP contribution in [0, 0.1) is 0 Å². The fourth-order valence-electron chi connectivity index (χ4n) is 3.59. The molecule has 0 aromatic heterocycles. The number of rotatable bonds is 10. The molecule has 0 amide bonds. The number of aliphatic hydroxyl groups excluding tert-OH is 4. The first-order valence-corrected chi connectivity index (χ1v) is 9.98.